The number of hydrogen-bond acceptors (Lipinski definition) is 15. The van der Waals surface area contributed by atoms with Gasteiger partial charge in [0.25, 0.3) is 0 Å². The van der Waals surface area contributed by atoms with E-state index in [1.54, 1.807) is 54.0 Å². The van der Waals surface area contributed by atoms with Crippen molar-refractivity contribution in [3.05, 3.63) is 88.4 Å². The van der Waals surface area contributed by atoms with Gasteiger partial charge in [0.1, 0.15) is 17.8 Å². The lowest BCUT2D eigenvalue weighted by Gasteiger charge is -1.73. The van der Waals surface area contributed by atoms with Gasteiger partial charge in [-0.25, -0.2) is 9.97 Å². The molecule has 6 heterocycles. The molecule has 228 valence electrons. The Bertz CT molecular complexity index is 1140. The zero-order valence-electron chi connectivity index (χ0n) is 26.2. The van der Waals surface area contributed by atoms with E-state index in [-0.39, 0.29) is 0 Å². The monoisotopic (exact) mass is 585 g/mol. The average molecular weight is 586 g/mol. The van der Waals surface area contributed by atoms with Crippen LogP contribution >= 0.6 is 0 Å². The highest BCUT2D eigenvalue weighted by Gasteiger charge is 1.92. The third-order valence-corrected chi connectivity index (χ3v) is 4.10. The molecule has 0 spiro atoms. The first kappa shape index (κ1) is 35.1. The van der Waals surface area contributed by atoms with Crippen LogP contribution in [0.15, 0.2) is 45.3 Å². The summed E-state index contributed by atoms with van der Waals surface area (Å²) < 4.78 is 28.6. The Labute approximate surface area is 244 Å². The van der Waals surface area contributed by atoms with Crippen LogP contribution in [0.4, 0.5) is 0 Å². The Kier molecular flexibility index (Phi) is 15.4. The standard InChI is InChI=1S/3C5H7NO.3C4H6N2O/c1-4-3-7-5(2)6-4;1-4-3-6-5(2)7-4;1-4-3-5(2)7-6-4;1-3-5-6-4(2)7-3;2*1-3-5-4(2)7-6-3/h3*3H,1-2H3;3*1-2H3. The molecule has 0 aromatic carbocycles. The van der Waals surface area contributed by atoms with E-state index in [1.165, 1.54) is 0 Å². The largest absolute Gasteiger partial charge is 0.449 e. The molecule has 6 aromatic rings. The van der Waals surface area contributed by atoms with E-state index in [9.17, 15) is 0 Å². The van der Waals surface area contributed by atoms with E-state index >= 15 is 0 Å². The third-order valence-electron chi connectivity index (χ3n) is 4.10. The van der Waals surface area contributed by atoms with E-state index in [1.807, 2.05) is 47.6 Å². The topological polar surface area (TPSA) is 195 Å². The Morgan fingerprint density at radius 3 is 1.14 bits per heavy atom. The summed E-state index contributed by atoms with van der Waals surface area (Å²) in [5.74, 6) is 7.09. The van der Waals surface area contributed by atoms with Gasteiger partial charge in [0.15, 0.2) is 23.4 Å². The molecule has 0 unspecified atom stereocenters. The van der Waals surface area contributed by atoms with Gasteiger partial charge in [-0.3, -0.25) is 0 Å². The summed E-state index contributed by atoms with van der Waals surface area (Å²) in [6.45, 7) is 21.8. The zero-order chi connectivity index (χ0) is 31.7. The molecule has 0 saturated carbocycles. The first-order valence-electron chi connectivity index (χ1n) is 12.7. The van der Waals surface area contributed by atoms with Gasteiger partial charge in [-0.2, -0.15) is 9.97 Å². The van der Waals surface area contributed by atoms with Gasteiger partial charge in [-0.15, -0.1) is 10.2 Å². The molecule has 0 radical (unpaired) electrons. The summed E-state index contributed by atoms with van der Waals surface area (Å²) in [5, 5.41) is 17.9. The molecule has 0 N–H and O–H groups in total. The number of rotatable bonds is 0. The molecular weight excluding hydrogens is 546 g/mol. The second kappa shape index (κ2) is 18.4. The van der Waals surface area contributed by atoms with E-state index in [0.717, 1.165) is 34.7 Å². The maximum Gasteiger partial charge on any atom is 0.223 e. The Morgan fingerprint density at radius 2 is 1.02 bits per heavy atom. The molecule has 15 heteroatoms. The van der Waals surface area contributed by atoms with Crippen molar-refractivity contribution < 1.29 is 26.8 Å². The average Bonchev–Trinajstić information content (AvgIpc) is 3.76. The quantitative estimate of drug-likeness (QED) is 0.203. The lowest BCUT2D eigenvalue weighted by Crippen LogP contribution is -1.70. The van der Waals surface area contributed by atoms with E-state index < -0.39 is 0 Å². The van der Waals surface area contributed by atoms with Crippen molar-refractivity contribution in [3.8, 4) is 0 Å². The van der Waals surface area contributed by atoms with Crippen molar-refractivity contribution in [1.82, 2.24) is 45.6 Å². The van der Waals surface area contributed by atoms with Crippen LogP contribution in [0.3, 0.4) is 0 Å². The lowest BCUT2D eigenvalue weighted by molar-refractivity contribution is 0.389. The van der Waals surface area contributed by atoms with Crippen LogP contribution in [0.2, 0.25) is 0 Å². The molecular formula is C27H39N9O6. The predicted molar refractivity (Wildman–Crippen MR) is 149 cm³/mol. The van der Waals surface area contributed by atoms with Crippen molar-refractivity contribution >= 4 is 0 Å². The SMILES string of the molecule is Cc1cc(C)on1.Cc1cnc(C)o1.Cc1coc(C)n1.Cc1nnc(C)o1.Cc1noc(C)n1.Cc1noc(C)n1. The predicted octanol–water partition coefficient (Wildman–Crippen LogP) is 5.93. The fraction of sp³-hybridized carbons (Fsp3) is 0.444. The summed E-state index contributed by atoms with van der Waals surface area (Å²) in [5.41, 5.74) is 1.88. The fourth-order valence-electron chi connectivity index (χ4n) is 2.63. The summed E-state index contributed by atoms with van der Waals surface area (Å²) in [6.07, 6.45) is 3.34. The number of aryl methyl sites for hydroxylation is 12. The minimum atomic E-state index is 0.623. The van der Waals surface area contributed by atoms with Gasteiger partial charge < -0.3 is 26.8 Å². The summed E-state index contributed by atoms with van der Waals surface area (Å²) in [7, 11) is 0. The minimum Gasteiger partial charge on any atom is -0.449 e. The summed E-state index contributed by atoms with van der Waals surface area (Å²) in [6, 6.07) is 1.89. The molecule has 0 amide bonds. The highest BCUT2D eigenvalue weighted by atomic mass is 16.5. The first-order valence-corrected chi connectivity index (χ1v) is 12.7. The molecule has 0 aliphatic heterocycles. The van der Waals surface area contributed by atoms with Gasteiger partial charge in [0, 0.05) is 47.6 Å². The second-order valence-corrected chi connectivity index (χ2v) is 8.64. The van der Waals surface area contributed by atoms with Gasteiger partial charge in [-0.05, 0) is 41.5 Å². The van der Waals surface area contributed by atoms with E-state index in [2.05, 4.69) is 54.6 Å². The van der Waals surface area contributed by atoms with Crippen molar-refractivity contribution in [2.24, 2.45) is 0 Å². The molecule has 15 nitrogen and oxygen atoms in total. The van der Waals surface area contributed by atoms with Crippen molar-refractivity contribution in [1.29, 1.82) is 0 Å². The van der Waals surface area contributed by atoms with E-state index in [0.29, 0.717) is 35.2 Å². The van der Waals surface area contributed by atoms with Crippen LogP contribution in [0.5, 0.6) is 0 Å². The van der Waals surface area contributed by atoms with Gasteiger partial charge in [0.05, 0.1) is 17.6 Å². The Morgan fingerprint density at radius 1 is 0.476 bits per heavy atom. The highest BCUT2D eigenvalue weighted by molar-refractivity contribution is 4.99. The van der Waals surface area contributed by atoms with Crippen LogP contribution in [0.25, 0.3) is 0 Å². The maximum atomic E-state index is 4.97. The summed E-state index contributed by atoms with van der Waals surface area (Å²) >= 11 is 0. The maximum absolute atomic E-state index is 4.97. The molecule has 0 bridgehead atoms. The minimum absolute atomic E-state index is 0.623. The number of oxazole rings is 2. The van der Waals surface area contributed by atoms with Gasteiger partial charge in [-0.1, -0.05) is 15.5 Å². The van der Waals surface area contributed by atoms with Crippen molar-refractivity contribution in [3.63, 3.8) is 0 Å². The highest BCUT2D eigenvalue weighted by Crippen LogP contribution is 1.98. The van der Waals surface area contributed by atoms with Crippen LogP contribution in [-0.4, -0.2) is 45.6 Å². The van der Waals surface area contributed by atoms with Crippen LogP contribution in [0, 0.1) is 83.1 Å². The number of nitrogens with zero attached hydrogens (tertiary/aromatic N) is 9. The lowest BCUT2D eigenvalue weighted by atomic mass is 10.4. The van der Waals surface area contributed by atoms with E-state index in [4.69, 9.17) is 17.8 Å². The zero-order valence-corrected chi connectivity index (χ0v) is 26.2. The summed E-state index contributed by atoms with van der Waals surface area (Å²) in [4.78, 5) is 15.5. The first-order chi connectivity index (χ1) is 19.7. The molecule has 0 aliphatic carbocycles. The molecule has 6 rings (SSSR count). The van der Waals surface area contributed by atoms with Gasteiger partial charge in [0.2, 0.25) is 23.6 Å². The van der Waals surface area contributed by atoms with Gasteiger partial charge >= 0.3 is 0 Å². The van der Waals surface area contributed by atoms with Crippen LogP contribution < -0.4 is 0 Å². The van der Waals surface area contributed by atoms with Crippen molar-refractivity contribution in [2.75, 3.05) is 0 Å². The number of aromatic nitrogens is 9. The fourth-order valence-corrected chi connectivity index (χ4v) is 2.63. The molecule has 0 fully saturated rings. The normalized spacial score (nSPS) is 9.43. The molecule has 0 aliphatic rings. The van der Waals surface area contributed by atoms with Crippen LogP contribution in [0.1, 0.15) is 69.9 Å². The smallest absolute Gasteiger partial charge is 0.223 e. The third kappa shape index (κ3) is 16.9. The molecule has 0 atom stereocenters. The Balaban J connectivity index is 0.000000252. The van der Waals surface area contributed by atoms with Crippen LogP contribution in [-0.2, 0) is 0 Å². The molecule has 42 heavy (non-hydrogen) atoms. The number of hydrogen-bond donors (Lipinski definition) is 0. The Hall–Kier alpha value is -4.95. The second-order valence-electron chi connectivity index (χ2n) is 8.64. The molecule has 0 saturated heterocycles. The molecule has 6 aromatic heterocycles. The van der Waals surface area contributed by atoms with Crippen molar-refractivity contribution in [2.45, 2.75) is 83.1 Å².